The Bertz CT molecular complexity index is 941. The molecule has 3 unspecified atom stereocenters. The van der Waals surface area contributed by atoms with E-state index in [2.05, 4.69) is 20.8 Å². The molecule has 4 rings (SSSR count). The number of tetrazole rings is 1. The normalized spacial score (nSPS) is 21.8. The number of fused-ring (bicyclic) bond motifs is 1. The molecule has 1 aromatic heterocycles. The maximum atomic E-state index is 13.1. The molecule has 1 aromatic carbocycles. The number of anilines is 1. The van der Waals surface area contributed by atoms with Gasteiger partial charge in [-0.25, -0.2) is 4.68 Å². The second kappa shape index (κ2) is 8.17. The van der Waals surface area contributed by atoms with Crippen molar-refractivity contribution < 1.29 is 14.4 Å². The minimum atomic E-state index is -0.824. The van der Waals surface area contributed by atoms with Gasteiger partial charge in [-0.05, 0) is 59.9 Å². The third kappa shape index (κ3) is 3.74. The summed E-state index contributed by atoms with van der Waals surface area (Å²) in [7, 11) is 0. The summed E-state index contributed by atoms with van der Waals surface area (Å²) in [5.74, 6) is -1.37. The van der Waals surface area contributed by atoms with Crippen LogP contribution in [0.25, 0.3) is 5.69 Å². The van der Waals surface area contributed by atoms with Gasteiger partial charge >= 0.3 is 0 Å². The van der Waals surface area contributed by atoms with Crippen molar-refractivity contribution in [3.8, 4) is 5.69 Å². The van der Waals surface area contributed by atoms with E-state index < -0.39 is 6.04 Å². The van der Waals surface area contributed by atoms with E-state index in [1.54, 1.807) is 24.3 Å². The predicted octanol–water partition coefficient (Wildman–Crippen LogP) is 1.97. The van der Waals surface area contributed by atoms with E-state index in [0.29, 0.717) is 24.9 Å². The Morgan fingerprint density at radius 1 is 1.10 bits per heavy atom. The molecule has 9 nitrogen and oxygen atoms in total. The lowest BCUT2D eigenvalue weighted by Crippen LogP contribution is -2.48. The van der Waals surface area contributed by atoms with Gasteiger partial charge in [-0.2, -0.15) is 0 Å². The lowest BCUT2D eigenvalue weighted by molar-refractivity contribution is -0.147. The van der Waals surface area contributed by atoms with Gasteiger partial charge in [-0.15, -0.1) is 5.10 Å². The smallest absolute Gasteiger partial charge is 0.247 e. The van der Waals surface area contributed by atoms with Crippen LogP contribution in [-0.4, -0.2) is 48.9 Å². The van der Waals surface area contributed by atoms with Crippen molar-refractivity contribution in [2.45, 2.75) is 39.2 Å². The summed E-state index contributed by atoms with van der Waals surface area (Å²) in [6.45, 7) is 3.95. The SMILES string of the molecule is CC(C)CC(C(=O)Nc1ccc(-n2cnnn2)cc1)N1C(=O)C2CC=CCC2C1=O. The van der Waals surface area contributed by atoms with Crippen LogP contribution in [0.3, 0.4) is 0 Å². The number of carbonyl (C=O) groups excluding carboxylic acids is 3. The molecular weight excluding hydrogens is 384 g/mol. The molecule has 0 saturated carbocycles. The fourth-order valence-electron chi connectivity index (χ4n) is 4.11. The molecule has 1 N–H and O–H groups in total. The van der Waals surface area contributed by atoms with Crippen molar-refractivity contribution in [1.82, 2.24) is 25.1 Å². The minimum absolute atomic E-state index is 0.143. The highest BCUT2D eigenvalue weighted by atomic mass is 16.2. The number of amides is 3. The number of hydrogen-bond acceptors (Lipinski definition) is 6. The third-order valence-corrected chi connectivity index (χ3v) is 5.60. The summed E-state index contributed by atoms with van der Waals surface area (Å²) < 4.78 is 1.50. The standard InChI is InChI=1S/C21H24N6O3/c1-13(2)11-18(27-20(29)16-5-3-4-6-17(16)21(27)30)19(28)23-14-7-9-15(10-8-14)26-12-22-24-25-26/h3-4,7-10,12-13,16-18H,5-6,11H2,1-2H3,(H,23,28). The highest BCUT2D eigenvalue weighted by molar-refractivity contribution is 6.10. The minimum Gasteiger partial charge on any atom is -0.324 e. The molecule has 3 amide bonds. The number of imide groups is 1. The molecule has 9 heteroatoms. The summed E-state index contributed by atoms with van der Waals surface area (Å²) in [4.78, 5) is 40.3. The fourth-order valence-corrected chi connectivity index (χ4v) is 4.11. The predicted molar refractivity (Wildman–Crippen MR) is 108 cm³/mol. The maximum Gasteiger partial charge on any atom is 0.247 e. The highest BCUT2D eigenvalue weighted by Crippen LogP contribution is 2.37. The molecule has 3 atom stereocenters. The van der Waals surface area contributed by atoms with E-state index in [0.717, 1.165) is 5.69 Å². The first kappa shape index (κ1) is 19.9. The number of likely N-dealkylation sites (tertiary alicyclic amines) is 1. The number of nitrogens with zero attached hydrogens (tertiary/aromatic N) is 5. The van der Waals surface area contributed by atoms with Gasteiger partial charge in [-0.3, -0.25) is 19.3 Å². The first-order valence-electron chi connectivity index (χ1n) is 10.1. The average Bonchev–Trinajstić information content (AvgIpc) is 3.35. The van der Waals surface area contributed by atoms with Crippen LogP contribution in [-0.2, 0) is 14.4 Å². The van der Waals surface area contributed by atoms with E-state index in [9.17, 15) is 14.4 Å². The Morgan fingerprint density at radius 2 is 1.73 bits per heavy atom. The Kier molecular flexibility index (Phi) is 5.43. The van der Waals surface area contributed by atoms with Crippen LogP contribution in [0.15, 0.2) is 42.7 Å². The van der Waals surface area contributed by atoms with Crippen LogP contribution >= 0.6 is 0 Å². The number of aromatic nitrogens is 4. The van der Waals surface area contributed by atoms with Crippen LogP contribution in [0.2, 0.25) is 0 Å². The van der Waals surface area contributed by atoms with Crippen molar-refractivity contribution >= 4 is 23.4 Å². The van der Waals surface area contributed by atoms with Crippen LogP contribution in [0.5, 0.6) is 0 Å². The van der Waals surface area contributed by atoms with Crippen LogP contribution in [0, 0.1) is 17.8 Å². The van der Waals surface area contributed by atoms with Crippen molar-refractivity contribution in [3.63, 3.8) is 0 Å². The van der Waals surface area contributed by atoms with Crippen LogP contribution in [0.4, 0.5) is 5.69 Å². The average molecular weight is 408 g/mol. The lowest BCUT2D eigenvalue weighted by atomic mass is 9.85. The molecule has 2 aromatic rings. The number of benzene rings is 1. The van der Waals surface area contributed by atoms with Crippen molar-refractivity contribution in [2.75, 3.05) is 5.32 Å². The second-order valence-corrected chi connectivity index (χ2v) is 8.14. The van der Waals surface area contributed by atoms with E-state index in [-0.39, 0.29) is 35.5 Å². The summed E-state index contributed by atoms with van der Waals surface area (Å²) in [6, 6.07) is 6.19. The lowest BCUT2D eigenvalue weighted by Gasteiger charge is -2.27. The van der Waals surface area contributed by atoms with Crippen molar-refractivity contribution in [3.05, 3.63) is 42.7 Å². The van der Waals surface area contributed by atoms with Gasteiger partial charge in [0.05, 0.1) is 17.5 Å². The zero-order valence-electron chi connectivity index (χ0n) is 16.9. The molecule has 0 bridgehead atoms. The van der Waals surface area contributed by atoms with E-state index >= 15 is 0 Å². The second-order valence-electron chi connectivity index (χ2n) is 8.14. The van der Waals surface area contributed by atoms with E-state index in [1.165, 1.54) is 15.9 Å². The summed E-state index contributed by atoms with van der Waals surface area (Å²) in [5, 5.41) is 13.9. The highest BCUT2D eigenvalue weighted by Gasteiger charge is 2.51. The topological polar surface area (TPSA) is 110 Å². The number of nitrogens with one attached hydrogen (secondary N) is 1. The first-order valence-corrected chi connectivity index (χ1v) is 10.1. The monoisotopic (exact) mass is 408 g/mol. The molecule has 1 saturated heterocycles. The molecule has 1 aliphatic heterocycles. The van der Waals surface area contributed by atoms with E-state index in [4.69, 9.17) is 0 Å². The largest absolute Gasteiger partial charge is 0.324 e. The molecule has 30 heavy (non-hydrogen) atoms. The molecule has 156 valence electrons. The van der Waals surface area contributed by atoms with Crippen LogP contribution in [0.1, 0.15) is 33.1 Å². The summed E-state index contributed by atoms with van der Waals surface area (Å²) in [5.41, 5.74) is 1.32. The molecule has 1 fully saturated rings. The Morgan fingerprint density at radius 3 is 2.27 bits per heavy atom. The number of hydrogen-bond donors (Lipinski definition) is 1. The Hall–Kier alpha value is -3.36. The number of allylic oxidation sites excluding steroid dienone is 2. The van der Waals surface area contributed by atoms with Crippen LogP contribution < -0.4 is 5.32 Å². The van der Waals surface area contributed by atoms with Gasteiger partial charge in [0, 0.05) is 5.69 Å². The molecule has 0 radical (unpaired) electrons. The van der Waals surface area contributed by atoms with Gasteiger partial charge in [0.1, 0.15) is 12.4 Å². The molecule has 1 aliphatic carbocycles. The zero-order chi connectivity index (χ0) is 21.3. The quantitative estimate of drug-likeness (QED) is 0.578. The van der Waals surface area contributed by atoms with Gasteiger partial charge < -0.3 is 5.32 Å². The molecule has 2 heterocycles. The maximum absolute atomic E-state index is 13.1. The van der Waals surface area contributed by atoms with Gasteiger partial charge in [0.2, 0.25) is 17.7 Å². The fraction of sp³-hybridized carbons (Fsp3) is 0.429. The number of rotatable bonds is 6. The Labute approximate surface area is 174 Å². The van der Waals surface area contributed by atoms with E-state index in [1.807, 2.05) is 26.0 Å². The summed E-state index contributed by atoms with van der Waals surface area (Å²) >= 11 is 0. The van der Waals surface area contributed by atoms with Crippen molar-refractivity contribution in [2.24, 2.45) is 17.8 Å². The molecule has 2 aliphatic rings. The van der Waals surface area contributed by atoms with Crippen molar-refractivity contribution in [1.29, 1.82) is 0 Å². The van der Waals surface area contributed by atoms with Gasteiger partial charge in [0.25, 0.3) is 0 Å². The molecule has 0 spiro atoms. The Balaban J connectivity index is 1.53. The number of carbonyl (C=O) groups is 3. The van der Waals surface area contributed by atoms with Gasteiger partial charge in [0.15, 0.2) is 0 Å². The third-order valence-electron chi connectivity index (χ3n) is 5.60. The van der Waals surface area contributed by atoms with Gasteiger partial charge in [-0.1, -0.05) is 26.0 Å². The molecular formula is C21H24N6O3. The first-order chi connectivity index (χ1) is 14.5. The zero-order valence-corrected chi connectivity index (χ0v) is 16.9. The summed E-state index contributed by atoms with van der Waals surface area (Å²) in [6.07, 6.45) is 6.89.